The van der Waals surface area contributed by atoms with E-state index < -0.39 is 0 Å². The fraction of sp³-hybridized carbons (Fsp3) is 1.00. The minimum Gasteiger partial charge on any atom is -0.378 e. The molecule has 1 rings (SSSR count). The van der Waals surface area contributed by atoms with Crippen LogP contribution in [0.4, 0.5) is 0 Å². The van der Waals surface area contributed by atoms with E-state index in [1.807, 2.05) is 23.0 Å². The standard InChI is InChI=1S/C10H20INO2/c1-12-6-4-10(5-7-12)13-8-2-3-9-14-11/h10H,2-9H2,1H3. The summed E-state index contributed by atoms with van der Waals surface area (Å²) in [4.78, 5) is 2.36. The molecule has 1 heterocycles. The fourth-order valence-electron chi connectivity index (χ4n) is 1.66. The largest absolute Gasteiger partial charge is 0.378 e. The zero-order chi connectivity index (χ0) is 10.2. The summed E-state index contributed by atoms with van der Waals surface area (Å²) < 4.78 is 10.7. The summed E-state index contributed by atoms with van der Waals surface area (Å²) >= 11 is 1.94. The number of hydrogen-bond acceptors (Lipinski definition) is 3. The van der Waals surface area contributed by atoms with Gasteiger partial charge in [0.1, 0.15) is 23.0 Å². The Labute approximate surface area is 101 Å². The van der Waals surface area contributed by atoms with Crippen LogP contribution in [0.15, 0.2) is 0 Å². The highest BCUT2D eigenvalue weighted by Crippen LogP contribution is 2.12. The number of unbranched alkanes of at least 4 members (excludes halogenated alkanes) is 1. The second kappa shape index (κ2) is 7.84. The molecule has 1 aliphatic heterocycles. The van der Waals surface area contributed by atoms with Gasteiger partial charge in [0, 0.05) is 19.7 Å². The van der Waals surface area contributed by atoms with Crippen LogP contribution in [0.1, 0.15) is 25.7 Å². The Morgan fingerprint density at radius 3 is 2.50 bits per heavy atom. The molecule has 0 radical (unpaired) electrons. The maximum Gasteiger partial charge on any atom is 0.109 e. The van der Waals surface area contributed by atoms with Gasteiger partial charge in [-0.3, -0.25) is 0 Å². The number of ether oxygens (including phenoxy) is 1. The van der Waals surface area contributed by atoms with Crippen molar-refractivity contribution in [3.05, 3.63) is 0 Å². The van der Waals surface area contributed by atoms with Crippen LogP contribution in [0.25, 0.3) is 0 Å². The second-order valence-corrected chi connectivity index (χ2v) is 4.52. The lowest BCUT2D eigenvalue weighted by atomic mass is 10.1. The molecule has 0 unspecified atom stereocenters. The summed E-state index contributed by atoms with van der Waals surface area (Å²) in [6, 6.07) is 0. The first kappa shape index (κ1) is 12.7. The van der Waals surface area contributed by atoms with Crippen LogP contribution in [-0.2, 0) is 7.80 Å². The lowest BCUT2D eigenvalue weighted by Crippen LogP contribution is -2.34. The normalized spacial score (nSPS) is 20.1. The number of halogens is 1. The van der Waals surface area contributed by atoms with Gasteiger partial charge in [-0.2, -0.15) is 0 Å². The molecular weight excluding hydrogens is 293 g/mol. The van der Waals surface area contributed by atoms with Gasteiger partial charge in [0.2, 0.25) is 0 Å². The molecule has 0 amide bonds. The van der Waals surface area contributed by atoms with Crippen LogP contribution >= 0.6 is 23.0 Å². The molecular formula is C10H20INO2. The van der Waals surface area contributed by atoms with Gasteiger partial charge in [0.15, 0.2) is 0 Å². The molecule has 0 bridgehead atoms. The molecule has 0 aromatic rings. The molecule has 14 heavy (non-hydrogen) atoms. The molecule has 0 aliphatic carbocycles. The number of rotatable bonds is 6. The Balaban J connectivity index is 1.91. The summed E-state index contributed by atoms with van der Waals surface area (Å²) in [6.07, 6.45) is 5.12. The first-order valence-corrected chi connectivity index (χ1v) is 6.24. The summed E-state index contributed by atoms with van der Waals surface area (Å²) in [5, 5.41) is 0. The highest BCUT2D eigenvalue weighted by Gasteiger charge is 2.16. The third-order valence-corrected chi connectivity index (χ3v) is 3.08. The maximum absolute atomic E-state index is 5.79. The zero-order valence-electron chi connectivity index (χ0n) is 8.88. The minimum absolute atomic E-state index is 0.506. The van der Waals surface area contributed by atoms with Crippen molar-refractivity contribution in [3.8, 4) is 0 Å². The van der Waals surface area contributed by atoms with Crippen LogP contribution in [0, 0.1) is 0 Å². The molecule has 0 aromatic heterocycles. The lowest BCUT2D eigenvalue weighted by Gasteiger charge is -2.28. The highest BCUT2D eigenvalue weighted by molar-refractivity contribution is 14.1. The van der Waals surface area contributed by atoms with Crippen molar-refractivity contribution in [3.63, 3.8) is 0 Å². The molecule has 0 spiro atoms. The van der Waals surface area contributed by atoms with E-state index in [0.29, 0.717) is 6.10 Å². The van der Waals surface area contributed by atoms with E-state index in [-0.39, 0.29) is 0 Å². The maximum atomic E-state index is 5.79. The number of nitrogens with zero attached hydrogens (tertiary/aromatic N) is 1. The van der Waals surface area contributed by atoms with Gasteiger partial charge in [-0.05, 0) is 32.7 Å². The van der Waals surface area contributed by atoms with E-state index in [9.17, 15) is 0 Å². The topological polar surface area (TPSA) is 21.7 Å². The Bertz CT molecular complexity index is 138. The monoisotopic (exact) mass is 313 g/mol. The summed E-state index contributed by atoms with van der Waals surface area (Å²) in [5.74, 6) is 0. The molecule has 0 atom stereocenters. The van der Waals surface area contributed by atoms with E-state index >= 15 is 0 Å². The molecule has 3 nitrogen and oxygen atoms in total. The van der Waals surface area contributed by atoms with Gasteiger partial charge in [-0.25, -0.2) is 0 Å². The van der Waals surface area contributed by atoms with Crippen molar-refractivity contribution in [2.75, 3.05) is 33.4 Å². The molecule has 1 aliphatic rings. The molecule has 4 heteroatoms. The van der Waals surface area contributed by atoms with Crippen molar-refractivity contribution >= 4 is 23.0 Å². The third kappa shape index (κ3) is 5.48. The molecule has 1 fully saturated rings. The molecule has 0 aromatic carbocycles. The Hall–Kier alpha value is 0.610. The van der Waals surface area contributed by atoms with Crippen LogP contribution in [0.5, 0.6) is 0 Å². The predicted molar refractivity (Wildman–Crippen MR) is 65.7 cm³/mol. The van der Waals surface area contributed by atoms with E-state index in [1.54, 1.807) is 0 Å². The van der Waals surface area contributed by atoms with Crippen molar-refractivity contribution in [1.82, 2.24) is 4.90 Å². The Morgan fingerprint density at radius 1 is 1.21 bits per heavy atom. The SMILES string of the molecule is CN1CCC(OCCCCOI)CC1. The van der Waals surface area contributed by atoms with Gasteiger partial charge >= 0.3 is 0 Å². The van der Waals surface area contributed by atoms with Gasteiger partial charge in [0.25, 0.3) is 0 Å². The van der Waals surface area contributed by atoms with Crippen LogP contribution in [0.3, 0.4) is 0 Å². The number of piperidine rings is 1. The van der Waals surface area contributed by atoms with Crippen LogP contribution < -0.4 is 0 Å². The average Bonchev–Trinajstić information content (AvgIpc) is 2.21. The van der Waals surface area contributed by atoms with Crippen molar-refractivity contribution in [2.45, 2.75) is 31.8 Å². The van der Waals surface area contributed by atoms with Crippen molar-refractivity contribution < 1.29 is 7.80 Å². The summed E-state index contributed by atoms with van der Waals surface area (Å²) in [6.45, 7) is 4.11. The third-order valence-electron chi connectivity index (χ3n) is 2.63. The fourth-order valence-corrected chi connectivity index (χ4v) is 1.97. The predicted octanol–water partition coefficient (Wildman–Crippen LogP) is 2.24. The molecule has 84 valence electrons. The minimum atomic E-state index is 0.506. The first-order chi connectivity index (χ1) is 6.83. The first-order valence-electron chi connectivity index (χ1n) is 5.36. The highest BCUT2D eigenvalue weighted by atomic mass is 127. The second-order valence-electron chi connectivity index (χ2n) is 3.89. The molecule has 1 saturated heterocycles. The van der Waals surface area contributed by atoms with Gasteiger partial charge < -0.3 is 12.7 Å². The van der Waals surface area contributed by atoms with Crippen LogP contribution in [0.2, 0.25) is 0 Å². The summed E-state index contributed by atoms with van der Waals surface area (Å²) in [7, 11) is 2.17. The van der Waals surface area contributed by atoms with E-state index in [2.05, 4.69) is 11.9 Å². The van der Waals surface area contributed by atoms with Gasteiger partial charge in [-0.1, -0.05) is 0 Å². The van der Waals surface area contributed by atoms with E-state index in [4.69, 9.17) is 7.80 Å². The number of hydrogen-bond donors (Lipinski definition) is 0. The quantitative estimate of drug-likeness (QED) is 0.554. The van der Waals surface area contributed by atoms with Crippen LogP contribution in [-0.4, -0.2) is 44.4 Å². The summed E-state index contributed by atoms with van der Waals surface area (Å²) in [5.41, 5.74) is 0. The van der Waals surface area contributed by atoms with Gasteiger partial charge in [0.05, 0.1) is 12.7 Å². The zero-order valence-corrected chi connectivity index (χ0v) is 11.0. The molecule has 0 saturated carbocycles. The Morgan fingerprint density at radius 2 is 1.86 bits per heavy atom. The van der Waals surface area contributed by atoms with Crippen molar-refractivity contribution in [2.24, 2.45) is 0 Å². The lowest BCUT2D eigenvalue weighted by molar-refractivity contribution is 0.0103. The van der Waals surface area contributed by atoms with E-state index in [0.717, 1.165) is 26.1 Å². The van der Waals surface area contributed by atoms with Crippen molar-refractivity contribution in [1.29, 1.82) is 0 Å². The van der Waals surface area contributed by atoms with E-state index in [1.165, 1.54) is 25.9 Å². The smallest absolute Gasteiger partial charge is 0.109 e. The number of likely N-dealkylation sites (tertiary alicyclic amines) is 1. The Kier molecular flexibility index (Phi) is 7.10. The average molecular weight is 313 g/mol. The van der Waals surface area contributed by atoms with Gasteiger partial charge in [-0.15, -0.1) is 0 Å². The molecule has 0 N–H and O–H groups in total.